The van der Waals surface area contributed by atoms with Crippen LogP contribution in [-0.4, -0.2) is 63.9 Å². The van der Waals surface area contributed by atoms with Gasteiger partial charge in [-0.15, -0.1) is 16.9 Å². The first-order valence-electron chi connectivity index (χ1n) is 9.20. The molecule has 2 aliphatic heterocycles. The summed E-state index contributed by atoms with van der Waals surface area (Å²) in [5, 5.41) is 27.8. The van der Waals surface area contributed by atoms with E-state index in [0.29, 0.717) is 5.56 Å². The maximum absolute atomic E-state index is 12.5. The van der Waals surface area contributed by atoms with Crippen molar-refractivity contribution < 1.29 is 29.2 Å². The Morgan fingerprint density at radius 2 is 2.10 bits per heavy atom. The van der Waals surface area contributed by atoms with Gasteiger partial charge in [0.2, 0.25) is 5.91 Å². The zero-order valence-corrected chi connectivity index (χ0v) is 17.0. The number of carboxylic acid groups (broad SMARTS) is 1. The first-order chi connectivity index (χ1) is 14.7. The third kappa shape index (κ3) is 3.71. The number of amides is 1. The molecule has 2 aromatic rings. The number of hydrogen-bond donors (Lipinski definition) is 1. The molecule has 13 heteroatoms. The number of non-ortho nitro benzene ring substituents is 1. The van der Waals surface area contributed by atoms with Crippen LogP contribution in [0.15, 0.2) is 30.5 Å². The first kappa shape index (κ1) is 20.8. The Morgan fingerprint density at radius 3 is 2.71 bits per heavy atom. The fourth-order valence-electron chi connectivity index (χ4n) is 3.75. The van der Waals surface area contributed by atoms with Crippen LogP contribution < -0.4 is 0 Å². The van der Waals surface area contributed by atoms with E-state index >= 15 is 0 Å². The molecule has 2 aliphatic rings. The van der Waals surface area contributed by atoms with E-state index in [1.165, 1.54) is 51.8 Å². The zero-order valence-electron chi connectivity index (χ0n) is 16.2. The summed E-state index contributed by atoms with van der Waals surface area (Å²) in [4.78, 5) is 47.8. The van der Waals surface area contributed by atoms with Crippen molar-refractivity contribution in [1.29, 1.82) is 0 Å². The second kappa shape index (κ2) is 7.65. The van der Waals surface area contributed by atoms with E-state index < -0.39 is 27.7 Å². The van der Waals surface area contributed by atoms with Crippen molar-refractivity contribution in [2.45, 2.75) is 42.7 Å². The number of benzene rings is 1. The standard InChI is InChI=1S/C18H17N5O7S/c1-18(15(16(25)26)22-13(24)6-14(22)31-18)9-21-12(7-19-20-21)17(27)30-8-10-2-4-11(5-3-10)23(28)29/h2-5,7,14-15H,6,8-9H2,1H3,(H,25,26). The normalized spacial score (nSPS) is 24.4. The van der Waals surface area contributed by atoms with Crippen LogP contribution in [0, 0.1) is 10.1 Å². The number of aliphatic carboxylic acids is 1. The molecular weight excluding hydrogens is 430 g/mol. The number of hydrogen-bond acceptors (Lipinski definition) is 9. The predicted molar refractivity (Wildman–Crippen MR) is 105 cm³/mol. The molecule has 0 bridgehead atoms. The van der Waals surface area contributed by atoms with Crippen molar-refractivity contribution >= 4 is 35.3 Å². The molecular formula is C18H17N5O7S. The van der Waals surface area contributed by atoms with Crippen LogP contribution in [0.5, 0.6) is 0 Å². The Bertz CT molecular complexity index is 1070. The highest BCUT2D eigenvalue weighted by Gasteiger charge is 2.61. The van der Waals surface area contributed by atoms with E-state index in [-0.39, 0.29) is 42.2 Å². The van der Waals surface area contributed by atoms with Gasteiger partial charge in [-0.2, -0.15) is 0 Å². The Hall–Kier alpha value is -3.48. The maximum atomic E-state index is 12.5. The number of nitro groups is 1. The summed E-state index contributed by atoms with van der Waals surface area (Å²) in [5.74, 6) is -2.05. The highest BCUT2D eigenvalue weighted by atomic mass is 32.2. The molecule has 1 amide bonds. The van der Waals surface area contributed by atoms with Gasteiger partial charge in [-0.3, -0.25) is 14.9 Å². The number of ether oxygens (including phenoxy) is 1. The van der Waals surface area contributed by atoms with Gasteiger partial charge in [-0.25, -0.2) is 14.3 Å². The molecule has 3 heterocycles. The third-order valence-electron chi connectivity index (χ3n) is 5.25. The molecule has 2 fully saturated rings. The maximum Gasteiger partial charge on any atom is 0.358 e. The molecule has 0 aliphatic carbocycles. The lowest BCUT2D eigenvalue weighted by Gasteiger charge is -2.36. The van der Waals surface area contributed by atoms with Gasteiger partial charge in [0.15, 0.2) is 5.69 Å². The molecule has 2 saturated heterocycles. The number of aromatic nitrogens is 3. The molecule has 3 atom stereocenters. The smallest absolute Gasteiger partial charge is 0.358 e. The van der Waals surface area contributed by atoms with E-state index in [1.54, 1.807) is 6.92 Å². The van der Waals surface area contributed by atoms with Crippen molar-refractivity contribution in [3.05, 3.63) is 51.8 Å². The number of nitrogens with zero attached hydrogens (tertiary/aromatic N) is 5. The zero-order chi connectivity index (χ0) is 22.3. The Labute approximate surface area is 179 Å². The summed E-state index contributed by atoms with van der Waals surface area (Å²) in [6.45, 7) is 1.64. The average Bonchev–Trinajstić information content (AvgIpc) is 3.26. The van der Waals surface area contributed by atoms with Crippen LogP contribution in [0.25, 0.3) is 0 Å². The number of carbonyl (C=O) groups excluding carboxylic acids is 2. The van der Waals surface area contributed by atoms with Gasteiger partial charge in [-0.1, -0.05) is 5.21 Å². The van der Waals surface area contributed by atoms with Gasteiger partial charge in [0.25, 0.3) is 5.69 Å². The number of β-lactam (4-membered cyclic amide) rings is 1. The van der Waals surface area contributed by atoms with Crippen LogP contribution in [0.2, 0.25) is 0 Å². The minimum Gasteiger partial charge on any atom is -0.480 e. The topological polar surface area (TPSA) is 158 Å². The molecule has 4 rings (SSSR count). The average molecular weight is 447 g/mol. The first-order valence-corrected chi connectivity index (χ1v) is 10.1. The fraction of sp³-hybridized carbons (Fsp3) is 0.389. The lowest BCUT2D eigenvalue weighted by Crippen LogP contribution is -2.58. The molecule has 12 nitrogen and oxygen atoms in total. The number of thioether (sulfide) groups is 1. The molecule has 3 unspecified atom stereocenters. The minimum absolute atomic E-state index is 0.0356. The van der Waals surface area contributed by atoms with Crippen LogP contribution >= 0.6 is 11.8 Å². The lowest BCUT2D eigenvalue weighted by atomic mass is 9.96. The third-order valence-corrected chi connectivity index (χ3v) is 6.81. The second-order valence-electron chi connectivity index (χ2n) is 7.41. The molecule has 31 heavy (non-hydrogen) atoms. The number of nitro benzene ring substituents is 1. The fourth-order valence-corrected chi connectivity index (χ4v) is 5.49. The number of rotatable bonds is 7. The van der Waals surface area contributed by atoms with Crippen molar-refractivity contribution in [2.75, 3.05) is 0 Å². The number of carboxylic acids is 1. The molecule has 1 N–H and O–H groups in total. The summed E-state index contributed by atoms with van der Waals surface area (Å²) in [5.41, 5.74) is 0.523. The van der Waals surface area contributed by atoms with E-state index in [4.69, 9.17) is 4.74 Å². The van der Waals surface area contributed by atoms with Gasteiger partial charge < -0.3 is 14.7 Å². The number of fused-ring (bicyclic) bond motifs is 1. The van der Waals surface area contributed by atoms with Crippen LogP contribution in [0.3, 0.4) is 0 Å². The van der Waals surface area contributed by atoms with Crippen LogP contribution in [-0.2, 0) is 27.5 Å². The van der Waals surface area contributed by atoms with Crippen molar-refractivity contribution in [1.82, 2.24) is 19.9 Å². The van der Waals surface area contributed by atoms with Gasteiger partial charge >= 0.3 is 11.9 Å². The Kier molecular flexibility index (Phi) is 5.13. The van der Waals surface area contributed by atoms with Crippen LogP contribution in [0.4, 0.5) is 5.69 Å². The minimum atomic E-state index is -1.12. The summed E-state index contributed by atoms with van der Waals surface area (Å²) in [6.07, 6.45) is 1.50. The van der Waals surface area contributed by atoms with Crippen molar-refractivity contribution in [3.63, 3.8) is 0 Å². The molecule has 1 aromatic heterocycles. The van der Waals surface area contributed by atoms with E-state index in [9.17, 15) is 29.6 Å². The predicted octanol–water partition coefficient (Wildman–Crippen LogP) is 1.06. The molecule has 1 aromatic carbocycles. The summed E-state index contributed by atoms with van der Waals surface area (Å²) in [7, 11) is 0. The highest BCUT2D eigenvalue weighted by molar-refractivity contribution is 8.01. The monoisotopic (exact) mass is 447 g/mol. The van der Waals surface area contributed by atoms with Gasteiger partial charge in [0.1, 0.15) is 12.6 Å². The van der Waals surface area contributed by atoms with Crippen molar-refractivity contribution in [2.24, 2.45) is 0 Å². The Balaban J connectivity index is 1.46. The molecule has 0 spiro atoms. The lowest BCUT2D eigenvalue weighted by molar-refractivity contribution is -0.384. The molecule has 0 saturated carbocycles. The summed E-state index contributed by atoms with van der Waals surface area (Å²) >= 11 is 1.36. The molecule has 0 radical (unpaired) electrons. The quantitative estimate of drug-likeness (QED) is 0.281. The highest BCUT2D eigenvalue weighted by Crippen LogP contribution is 2.51. The SMILES string of the molecule is CC1(Cn2nncc2C(=O)OCc2ccc([N+](=O)[O-])cc2)SC2CC(=O)N2C1C(=O)O. The van der Waals surface area contributed by atoms with Crippen LogP contribution in [0.1, 0.15) is 29.4 Å². The molecule has 162 valence electrons. The van der Waals surface area contributed by atoms with E-state index in [0.717, 1.165) is 0 Å². The largest absolute Gasteiger partial charge is 0.480 e. The van der Waals surface area contributed by atoms with Gasteiger partial charge in [0, 0.05) is 12.1 Å². The van der Waals surface area contributed by atoms with E-state index in [2.05, 4.69) is 10.3 Å². The second-order valence-corrected chi connectivity index (χ2v) is 9.12. The van der Waals surface area contributed by atoms with E-state index in [1.807, 2.05) is 0 Å². The van der Waals surface area contributed by atoms with Gasteiger partial charge in [-0.05, 0) is 24.6 Å². The number of esters is 1. The van der Waals surface area contributed by atoms with Gasteiger partial charge in [0.05, 0.1) is 34.2 Å². The van der Waals surface area contributed by atoms with Crippen molar-refractivity contribution in [3.8, 4) is 0 Å². The summed E-state index contributed by atoms with van der Waals surface area (Å²) < 4.78 is 5.62. The summed E-state index contributed by atoms with van der Waals surface area (Å²) in [6, 6.07) is 4.54. The number of carbonyl (C=O) groups is 3. The Morgan fingerprint density at radius 1 is 1.39 bits per heavy atom.